The highest BCUT2D eigenvalue weighted by molar-refractivity contribution is 7.92. The lowest BCUT2D eigenvalue weighted by molar-refractivity contribution is 0.166. The second-order valence-electron chi connectivity index (χ2n) is 7.37. The topological polar surface area (TPSA) is 57.9 Å². The molecule has 0 N–H and O–H groups in total. The maximum absolute atomic E-state index is 12.5. The van der Waals surface area contributed by atoms with E-state index in [0.29, 0.717) is 12.3 Å². The lowest BCUT2D eigenvalue weighted by Crippen LogP contribution is -2.40. The molecule has 1 rings (SSSR count). The van der Waals surface area contributed by atoms with Gasteiger partial charge in [-0.3, -0.25) is 0 Å². The van der Waals surface area contributed by atoms with E-state index in [0.717, 1.165) is 12.8 Å². The molecule has 0 aromatic carbocycles. The van der Waals surface area contributed by atoms with Gasteiger partial charge in [0.15, 0.2) is 9.84 Å². The van der Waals surface area contributed by atoms with E-state index in [1.165, 1.54) is 0 Å². The first-order valence-corrected chi connectivity index (χ1v) is 8.90. The van der Waals surface area contributed by atoms with Crippen molar-refractivity contribution in [3.8, 4) is 6.07 Å². The van der Waals surface area contributed by atoms with Crippen LogP contribution in [0.15, 0.2) is 0 Å². The van der Waals surface area contributed by atoms with Gasteiger partial charge in [0.05, 0.1) is 23.0 Å². The van der Waals surface area contributed by atoms with E-state index >= 15 is 0 Å². The maximum Gasteiger partial charge on any atom is 0.154 e. The summed E-state index contributed by atoms with van der Waals surface area (Å²) in [5.41, 5.74) is 0.117. The zero-order valence-corrected chi connectivity index (χ0v) is 13.6. The van der Waals surface area contributed by atoms with Gasteiger partial charge in [-0.25, -0.2) is 8.42 Å². The average molecular weight is 285 g/mol. The fraction of sp³-hybridized carbons (Fsp3) is 0.933. The van der Waals surface area contributed by atoms with E-state index in [-0.39, 0.29) is 23.0 Å². The standard InChI is InChI=1S/C15H27NO2S/c1-11(2)10-19(17,18)14-8-13(15(3,4)5)7-6-12(14)9-16/h11-14H,6-8,10H2,1-5H3. The van der Waals surface area contributed by atoms with Crippen LogP contribution < -0.4 is 0 Å². The first kappa shape index (κ1) is 16.5. The molecule has 0 aromatic heterocycles. The predicted molar refractivity (Wildman–Crippen MR) is 78.3 cm³/mol. The molecule has 3 atom stereocenters. The van der Waals surface area contributed by atoms with Crippen molar-refractivity contribution in [3.05, 3.63) is 0 Å². The van der Waals surface area contributed by atoms with Crippen LogP contribution in [0.25, 0.3) is 0 Å². The third-order valence-electron chi connectivity index (χ3n) is 4.21. The van der Waals surface area contributed by atoms with Crippen LogP contribution >= 0.6 is 0 Å². The third kappa shape index (κ3) is 4.21. The molecule has 19 heavy (non-hydrogen) atoms. The molecule has 3 nitrogen and oxygen atoms in total. The van der Waals surface area contributed by atoms with E-state index < -0.39 is 15.1 Å². The number of nitriles is 1. The molecule has 0 bridgehead atoms. The summed E-state index contributed by atoms with van der Waals surface area (Å²) in [6.45, 7) is 10.3. The Morgan fingerprint density at radius 3 is 2.26 bits per heavy atom. The molecule has 1 fully saturated rings. The Hall–Kier alpha value is -0.560. The molecular weight excluding hydrogens is 258 g/mol. The largest absolute Gasteiger partial charge is 0.228 e. The fourth-order valence-corrected chi connectivity index (χ4v) is 5.45. The Kier molecular flexibility index (Phi) is 5.06. The summed E-state index contributed by atoms with van der Waals surface area (Å²) in [7, 11) is -3.16. The summed E-state index contributed by atoms with van der Waals surface area (Å²) in [4.78, 5) is 0. The Balaban J connectivity index is 2.97. The zero-order chi connectivity index (χ0) is 14.8. The van der Waals surface area contributed by atoms with Gasteiger partial charge < -0.3 is 0 Å². The van der Waals surface area contributed by atoms with Crippen molar-refractivity contribution in [2.24, 2.45) is 23.2 Å². The van der Waals surface area contributed by atoms with E-state index in [1.54, 1.807) is 0 Å². The Morgan fingerprint density at radius 1 is 1.26 bits per heavy atom. The lowest BCUT2D eigenvalue weighted by atomic mass is 9.70. The van der Waals surface area contributed by atoms with Gasteiger partial charge in [0.2, 0.25) is 0 Å². The van der Waals surface area contributed by atoms with Gasteiger partial charge >= 0.3 is 0 Å². The predicted octanol–water partition coefficient (Wildman–Crippen LogP) is 3.41. The highest BCUT2D eigenvalue weighted by Crippen LogP contribution is 2.42. The minimum atomic E-state index is -3.16. The van der Waals surface area contributed by atoms with Gasteiger partial charge in [-0.2, -0.15) is 5.26 Å². The fourth-order valence-electron chi connectivity index (χ4n) is 3.05. The molecule has 1 aliphatic rings. The van der Waals surface area contributed by atoms with Crippen LogP contribution in [0.4, 0.5) is 0 Å². The third-order valence-corrected chi connectivity index (χ3v) is 6.78. The minimum Gasteiger partial charge on any atom is -0.228 e. The molecule has 3 unspecified atom stereocenters. The highest BCUT2D eigenvalue weighted by atomic mass is 32.2. The first-order valence-electron chi connectivity index (χ1n) is 7.19. The van der Waals surface area contributed by atoms with Crippen molar-refractivity contribution in [3.63, 3.8) is 0 Å². The summed E-state index contributed by atoms with van der Waals surface area (Å²) in [5.74, 6) is 0.401. The summed E-state index contributed by atoms with van der Waals surface area (Å²) in [6.07, 6.45) is 2.34. The quantitative estimate of drug-likeness (QED) is 0.798. The van der Waals surface area contributed by atoms with Crippen molar-refractivity contribution in [1.29, 1.82) is 5.26 Å². The van der Waals surface area contributed by atoms with Crippen LogP contribution in [-0.2, 0) is 9.84 Å². The summed E-state index contributed by atoms with van der Waals surface area (Å²) >= 11 is 0. The molecule has 0 aromatic rings. The molecular formula is C15H27NO2S. The average Bonchev–Trinajstić information content (AvgIpc) is 2.25. The van der Waals surface area contributed by atoms with Crippen LogP contribution in [0.1, 0.15) is 53.9 Å². The Bertz CT molecular complexity index is 440. The van der Waals surface area contributed by atoms with Gasteiger partial charge in [0.1, 0.15) is 0 Å². The van der Waals surface area contributed by atoms with E-state index in [4.69, 9.17) is 0 Å². The molecule has 0 radical (unpaired) electrons. The van der Waals surface area contributed by atoms with Gasteiger partial charge in [0, 0.05) is 0 Å². The van der Waals surface area contributed by atoms with Crippen LogP contribution in [0, 0.1) is 34.5 Å². The normalized spacial score (nSPS) is 29.2. The molecule has 0 aliphatic heterocycles. The number of nitrogens with zero attached hydrogens (tertiary/aromatic N) is 1. The number of hydrogen-bond donors (Lipinski definition) is 0. The second kappa shape index (κ2) is 5.83. The monoisotopic (exact) mass is 285 g/mol. The number of hydrogen-bond acceptors (Lipinski definition) is 3. The second-order valence-corrected chi connectivity index (χ2v) is 9.64. The van der Waals surface area contributed by atoms with E-state index in [2.05, 4.69) is 26.8 Å². The summed E-state index contributed by atoms with van der Waals surface area (Å²) in [6, 6.07) is 2.23. The van der Waals surface area contributed by atoms with Crippen molar-refractivity contribution in [2.75, 3.05) is 5.75 Å². The van der Waals surface area contributed by atoms with E-state index in [1.807, 2.05) is 13.8 Å². The van der Waals surface area contributed by atoms with Crippen LogP contribution in [0.2, 0.25) is 0 Å². The Labute approximate surface area is 118 Å². The molecule has 0 heterocycles. The maximum atomic E-state index is 12.5. The first-order chi connectivity index (χ1) is 8.58. The van der Waals surface area contributed by atoms with Crippen molar-refractivity contribution < 1.29 is 8.42 Å². The van der Waals surface area contributed by atoms with Crippen molar-refractivity contribution >= 4 is 9.84 Å². The Morgan fingerprint density at radius 2 is 1.84 bits per heavy atom. The van der Waals surface area contributed by atoms with Crippen LogP contribution in [-0.4, -0.2) is 19.4 Å². The van der Waals surface area contributed by atoms with E-state index in [9.17, 15) is 13.7 Å². The lowest BCUT2D eigenvalue weighted by Gasteiger charge is -2.39. The van der Waals surface area contributed by atoms with Gasteiger partial charge in [-0.15, -0.1) is 0 Å². The summed E-state index contributed by atoms with van der Waals surface area (Å²) < 4.78 is 25.0. The molecule has 4 heteroatoms. The number of sulfone groups is 1. The van der Waals surface area contributed by atoms with Gasteiger partial charge in [0.25, 0.3) is 0 Å². The SMILES string of the molecule is CC(C)CS(=O)(=O)C1CC(C(C)(C)C)CCC1C#N. The van der Waals surface area contributed by atoms with Gasteiger partial charge in [-0.05, 0) is 36.5 Å². The molecule has 0 amide bonds. The highest BCUT2D eigenvalue weighted by Gasteiger charge is 2.42. The summed E-state index contributed by atoms with van der Waals surface area (Å²) in [5, 5.41) is 8.77. The molecule has 0 saturated heterocycles. The van der Waals surface area contributed by atoms with Crippen molar-refractivity contribution in [2.45, 2.75) is 59.1 Å². The molecule has 0 spiro atoms. The van der Waals surface area contributed by atoms with Crippen molar-refractivity contribution in [1.82, 2.24) is 0 Å². The smallest absolute Gasteiger partial charge is 0.154 e. The molecule has 1 saturated carbocycles. The van der Waals surface area contributed by atoms with Crippen LogP contribution in [0.5, 0.6) is 0 Å². The number of rotatable bonds is 3. The van der Waals surface area contributed by atoms with Crippen LogP contribution in [0.3, 0.4) is 0 Å². The minimum absolute atomic E-state index is 0.117. The molecule has 1 aliphatic carbocycles. The zero-order valence-electron chi connectivity index (χ0n) is 12.8. The van der Waals surface area contributed by atoms with Gasteiger partial charge in [-0.1, -0.05) is 34.6 Å². The molecule has 110 valence electrons.